The van der Waals surface area contributed by atoms with Crippen LogP contribution in [0.5, 0.6) is 0 Å². The maximum absolute atomic E-state index is 12.6. The van der Waals surface area contributed by atoms with Crippen LogP contribution in [0.15, 0.2) is 17.2 Å². The average molecular weight is 313 g/mol. The summed E-state index contributed by atoms with van der Waals surface area (Å²) >= 11 is 0. The largest absolute Gasteiger partial charge is 0.346 e. The summed E-state index contributed by atoms with van der Waals surface area (Å²) < 4.78 is 30.2. The molecular formula is C15H27N3O2S. The fourth-order valence-corrected chi connectivity index (χ4v) is 4.04. The van der Waals surface area contributed by atoms with Crippen LogP contribution in [0.3, 0.4) is 0 Å². The minimum Gasteiger partial charge on any atom is -0.346 e. The van der Waals surface area contributed by atoms with Crippen molar-refractivity contribution in [2.45, 2.75) is 69.5 Å². The predicted molar refractivity (Wildman–Crippen MR) is 84.8 cm³/mol. The fourth-order valence-electron chi connectivity index (χ4n) is 2.44. The van der Waals surface area contributed by atoms with Crippen LogP contribution in [0.25, 0.3) is 0 Å². The molecule has 1 heterocycles. The van der Waals surface area contributed by atoms with Gasteiger partial charge in [0.15, 0.2) is 0 Å². The normalized spacial score (nSPS) is 16.4. The van der Waals surface area contributed by atoms with Crippen LogP contribution in [-0.2, 0) is 16.6 Å². The zero-order chi connectivity index (χ0) is 15.7. The molecule has 0 unspecified atom stereocenters. The first-order valence-corrected chi connectivity index (χ1v) is 9.23. The highest BCUT2D eigenvalue weighted by Crippen LogP contribution is 2.37. The highest BCUT2D eigenvalue weighted by atomic mass is 32.2. The Bertz CT molecular complexity index is 584. The van der Waals surface area contributed by atoms with Gasteiger partial charge in [-0.2, -0.15) is 0 Å². The van der Waals surface area contributed by atoms with E-state index in [9.17, 15) is 8.42 Å². The molecule has 0 aromatic carbocycles. The number of hydrogen-bond donors (Lipinski definition) is 2. The highest BCUT2D eigenvalue weighted by molar-refractivity contribution is 7.89. The summed E-state index contributed by atoms with van der Waals surface area (Å²) in [7, 11) is -1.59. The van der Waals surface area contributed by atoms with E-state index in [1.54, 1.807) is 12.3 Å². The molecule has 6 heteroatoms. The maximum atomic E-state index is 12.6. The summed E-state index contributed by atoms with van der Waals surface area (Å²) in [4.78, 5) is 0.382. The van der Waals surface area contributed by atoms with Crippen molar-refractivity contribution in [3.05, 3.63) is 18.0 Å². The molecule has 2 rings (SSSR count). The van der Waals surface area contributed by atoms with Crippen LogP contribution in [0.1, 0.15) is 58.2 Å². The summed E-state index contributed by atoms with van der Waals surface area (Å²) in [5, 5.41) is 3.11. The summed E-state index contributed by atoms with van der Waals surface area (Å²) in [6.07, 6.45) is 5.61. The zero-order valence-corrected chi connectivity index (χ0v) is 14.3. The van der Waals surface area contributed by atoms with Gasteiger partial charge in [-0.1, -0.05) is 13.8 Å². The van der Waals surface area contributed by atoms with Crippen molar-refractivity contribution >= 4 is 10.0 Å². The van der Waals surface area contributed by atoms with Gasteiger partial charge in [0.25, 0.3) is 0 Å². The average Bonchev–Trinajstić information content (AvgIpc) is 3.19. The van der Waals surface area contributed by atoms with Crippen LogP contribution in [0, 0.1) is 0 Å². The Hall–Kier alpha value is -0.850. The monoisotopic (exact) mass is 313 g/mol. The van der Waals surface area contributed by atoms with Crippen molar-refractivity contribution in [2.75, 3.05) is 7.05 Å². The Morgan fingerprint density at radius 1 is 1.33 bits per heavy atom. The molecule has 5 nitrogen and oxygen atoms in total. The Morgan fingerprint density at radius 3 is 2.43 bits per heavy atom. The molecule has 1 aromatic rings. The lowest BCUT2D eigenvalue weighted by Crippen LogP contribution is -2.44. The van der Waals surface area contributed by atoms with E-state index >= 15 is 0 Å². The minimum absolute atomic E-state index is 0.382. The molecule has 0 aliphatic heterocycles. The third-order valence-corrected chi connectivity index (χ3v) is 6.06. The van der Waals surface area contributed by atoms with E-state index in [2.05, 4.69) is 14.6 Å². The fraction of sp³-hybridized carbons (Fsp3) is 0.733. The van der Waals surface area contributed by atoms with Gasteiger partial charge in [-0.3, -0.25) is 0 Å². The number of aromatic nitrogens is 1. The smallest absolute Gasteiger partial charge is 0.242 e. The number of nitrogens with one attached hydrogen (secondary N) is 2. The molecule has 0 saturated heterocycles. The van der Waals surface area contributed by atoms with E-state index in [-0.39, 0.29) is 5.54 Å². The van der Waals surface area contributed by atoms with Crippen molar-refractivity contribution in [1.29, 1.82) is 0 Å². The molecule has 1 aliphatic rings. The summed E-state index contributed by atoms with van der Waals surface area (Å²) in [6, 6.07) is 2.27. The Labute approximate surface area is 128 Å². The SMILES string of the molecule is CCC(C)(CC)NS(=O)(=O)c1cc(CNC)n(C2CC2)c1. The zero-order valence-electron chi connectivity index (χ0n) is 13.4. The molecule has 1 fully saturated rings. The lowest BCUT2D eigenvalue weighted by Gasteiger charge is -2.27. The summed E-state index contributed by atoms with van der Waals surface area (Å²) in [5.41, 5.74) is 0.652. The maximum Gasteiger partial charge on any atom is 0.242 e. The quantitative estimate of drug-likeness (QED) is 0.774. The van der Waals surface area contributed by atoms with E-state index in [1.165, 1.54) is 0 Å². The summed E-state index contributed by atoms with van der Waals surface area (Å²) in [6.45, 7) is 6.66. The second-order valence-corrected chi connectivity index (χ2v) is 7.89. The van der Waals surface area contributed by atoms with E-state index in [4.69, 9.17) is 0 Å². The predicted octanol–water partition coefficient (Wildman–Crippen LogP) is 2.40. The second kappa shape index (κ2) is 6.10. The lowest BCUT2D eigenvalue weighted by molar-refractivity contribution is 0.388. The van der Waals surface area contributed by atoms with Crippen molar-refractivity contribution in [1.82, 2.24) is 14.6 Å². The Balaban J connectivity index is 2.29. The van der Waals surface area contributed by atoms with Crippen LogP contribution in [-0.4, -0.2) is 25.6 Å². The topological polar surface area (TPSA) is 63.1 Å². The van der Waals surface area contributed by atoms with Crippen LogP contribution >= 0.6 is 0 Å². The van der Waals surface area contributed by atoms with Crippen molar-refractivity contribution in [3.8, 4) is 0 Å². The molecule has 0 bridgehead atoms. The highest BCUT2D eigenvalue weighted by Gasteiger charge is 2.31. The second-order valence-electron chi connectivity index (χ2n) is 6.21. The molecule has 1 aromatic heterocycles. The van der Waals surface area contributed by atoms with Gasteiger partial charge in [0.2, 0.25) is 10.0 Å². The van der Waals surface area contributed by atoms with Crippen molar-refractivity contribution in [2.24, 2.45) is 0 Å². The standard InChI is InChI=1S/C15H27N3O2S/c1-5-15(3,6-2)17-21(19,20)14-9-13(10-16-4)18(11-14)12-7-8-12/h9,11-12,16-17H,5-8,10H2,1-4H3. The van der Waals surface area contributed by atoms with Gasteiger partial charge < -0.3 is 9.88 Å². The van der Waals surface area contributed by atoms with Crippen LogP contribution in [0.4, 0.5) is 0 Å². The first kappa shape index (κ1) is 16.5. The summed E-state index contributed by atoms with van der Waals surface area (Å²) in [5.74, 6) is 0. The van der Waals surface area contributed by atoms with Crippen molar-refractivity contribution < 1.29 is 8.42 Å². The Morgan fingerprint density at radius 2 is 1.95 bits per heavy atom. The molecule has 0 amide bonds. The minimum atomic E-state index is -3.47. The van der Waals surface area contributed by atoms with Gasteiger partial charge in [0.05, 0.1) is 4.90 Å². The molecule has 2 N–H and O–H groups in total. The molecular weight excluding hydrogens is 286 g/mol. The first-order chi connectivity index (χ1) is 9.85. The molecule has 1 saturated carbocycles. The molecule has 0 radical (unpaired) electrons. The Kier molecular flexibility index (Phi) is 4.80. The molecule has 1 aliphatic carbocycles. The van der Waals surface area contributed by atoms with Gasteiger partial charge >= 0.3 is 0 Å². The van der Waals surface area contributed by atoms with E-state index in [0.29, 0.717) is 17.5 Å². The van der Waals surface area contributed by atoms with Gasteiger partial charge in [0.1, 0.15) is 0 Å². The van der Waals surface area contributed by atoms with Gasteiger partial charge in [0, 0.05) is 30.0 Å². The third kappa shape index (κ3) is 3.67. The number of sulfonamides is 1. The molecule has 0 atom stereocenters. The number of rotatable bonds is 8. The van der Waals surface area contributed by atoms with Gasteiger partial charge in [-0.15, -0.1) is 0 Å². The van der Waals surface area contributed by atoms with E-state index in [0.717, 1.165) is 31.4 Å². The third-order valence-electron chi connectivity index (χ3n) is 4.46. The first-order valence-electron chi connectivity index (χ1n) is 7.74. The van der Waals surface area contributed by atoms with E-state index in [1.807, 2.05) is 27.8 Å². The number of nitrogens with zero attached hydrogens (tertiary/aromatic N) is 1. The number of hydrogen-bond acceptors (Lipinski definition) is 3. The molecule has 0 spiro atoms. The van der Waals surface area contributed by atoms with Crippen LogP contribution in [0.2, 0.25) is 0 Å². The lowest BCUT2D eigenvalue weighted by atomic mass is 9.98. The van der Waals surface area contributed by atoms with Crippen molar-refractivity contribution in [3.63, 3.8) is 0 Å². The molecule has 21 heavy (non-hydrogen) atoms. The van der Waals surface area contributed by atoms with E-state index < -0.39 is 10.0 Å². The molecule has 120 valence electrons. The van der Waals surface area contributed by atoms with Crippen LogP contribution < -0.4 is 10.0 Å². The van der Waals surface area contributed by atoms with Gasteiger partial charge in [-0.25, -0.2) is 13.1 Å². The van der Waals surface area contributed by atoms with Gasteiger partial charge in [-0.05, 0) is 45.7 Å².